The van der Waals surface area contributed by atoms with Gasteiger partial charge in [-0.05, 0) is 12.1 Å². The van der Waals surface area contributed by atoms with Crippen LogP contribution in [0.15, 0.2) is 73.1 Å². The summed E-state index contributed by atoms with van der Waals surface area (Å²) in [7, 11) is -5.17. The number of pyridine rings is 2. The monoisotopic (exact) mass is 456 g/mol. The molecule has 0 atom stereocenters. The van der Waals surface area contributed by atoms with E-state index in [9.17, 15) is 10.4 Å². The van der Waals surface area contributed by atoms with Crippen LogP contribution in [0.5, 0.6) is 0 Å². The Morgan fingerprint density at radius 1 is 0.690 bits per heavy atom. The zero-order valence-corrected chi connectivity index (χ0v) is 16.8. The summed E-state index contributed by atoms with van der Waals surface area (Å²) < 4.78 is 36.2. The second-order valence-electron chi connectivity index (χ2n) is 5.46. The maximum Gasteiger partial charge on any atom is 0.265 e. The lowest BCUT2D eigenvalue weighted by Crippen LogP contribution is -2.29. The predicted molar refractivity (Wildman–Crippen MR) is 103 cm³/mol. The number of halogens is 2. The van der Waals surface area contributed by atoms with Gasteiger partial charge >= 0.3 is 0 Å². The van der Waals surface area contributed by atoms with Crippen molar-refractivity contribution in [2.45, 2.75) is 0 Å². The molecule has 0 aliphatic rings. The molecule has 29 heavy (non-hydrogen) atoms. The van der Waals surface area contributed by atoms with Crippen molar-refractivity contribution in [2.75, 3.05) is 0 Å². The maximum absolute atomic E-state index is 9.35. The Morgan fingerprint density at radius 3 is 1.31 bits per heavy atom. The summed E-state index contributed by atoms with van der Waals surface area (Å²) in [5.41, 5.74) is 1.43. The first-order chi connectivity index (χ1) is 13.6. The van der Waals surface area contributed by atoms with E-state index in [1.807, 2.05) is 36.4 Å². The molecule has 0 radical (unpaired) electrons. The molecule has 0 amide bonds. The van der Waals surface area contributed by atoms with Crippen LogP contribution in [0.4, 0.5) is 0 Å². The number of aromatic nitrogens is 2. The van der Waals surface area contributed by atoms with Gasteiger partial charge in [0.25, 0.3) is 11.0 Å². The summed E-state index contributed by atoms with van der Waals surface area (Å²) in [5.74, 6) is 0. The van der Waals surface area contributed by atoms with Gasteiger partial charge in [-0.3, -0.25) is 18.8 Å². The van der Waals surface area contributed by atoms with Crippen molar-refractivity contribution in [1.82, 2.24) is 0 Å². The third kappa shape index (κ3) is 6.70. The molecular weight excluding hydrogens is 443 g/mol. The number of hydrogen-bond donors (Lipinski definition) is 2. The van der Waals surface area contributed by atoms with Crippen molar-refractivity contribution in [3.05, 3.63) is 83.1 Å². The quantitative estimate of drug-likeness (QED) is 0.181. The lowest BCUT2D eigenvalue weighted by atomic mass is 10.2. The summed E-state index contributed by atoms with van der Waals surface area (Å²) in [6.45, 7) is 0. The minimum atomic E-state index is -5.17. The first-order valence-corrected chi connectivity index (χ1v) is 9.90. The molecule has 2 N–H and O–H groups in total. The summed E-state index contributed by atoms with van der Waals surface area (Å²) in [5, 5.41) is 21.7. The van der Waals surface area contributed by atoms with Crippen LogP contribution in [0.1, 0.15) is 0 Å². The molecule has 2 aromatic carbocycles. The van der Waals surface area contributed by atoms with Crippen molar-refractivity contribution >= 4 is 55.4 Å². The zero-order chi connectivity index (χ0) is 21.6. The number of rotatable bonds is 0. The van der Waals surface area contributed by atoms with E-state index < -0.39 is 10.4 Å². The summed E-state index contributed by atoms with van der Waals surface area (Å²) in [6, 6.07) is 18.1. The average Bonchev–Trinajstić information content (AvgIpc) is 2.68. The van der Waals surface area contributed by atoms with E-state index in [2.05, 4.69) is 0 Å². The summed E-state index contributed by atoms with van der Waals surface area (Å²) in [4.78, 5) is 0. The Balaban J connectivity index is 0.000000170. The fourth-order valence-corrected chi connectivity index (χ4v) is 2.80. The SMILES string of the molecule is O=S(=O)([O-])[O-].O[n+]1ccc(Cl)c2ccccc21.O[n+]1ccc(Cl)c2ccccc21. The van der Waals surface area contributed by atoms with E-state index in [0.29, 0.717) is 21.1 Å². The number of fused-ring (bicyclic) bond motifs is 2. The molecule has 4 aromatic rings. The third-order valence-corrected chi connectivity index (χ3v) is 4.20. The van der Waals surface area contributed by atoms with E-state index in [-0.39, 0.29) is 0 Å². The summed E-state index contributed by atoms with van der Waals surface area (Å²) in [6.07, 6.45) is 3.04. The molecule has 0 saturated heterocycles. The first-order valence-electron chi connectivity index (χ1n) is 7.81. The molecule has 0 aliphatic carbocycles. The fourth-order valence-electron chi connectivity index (χ4n) is 2.36. The minimum Gasteiger partial charge on any atom is -0.759 e. The lowest BCUT2D eigenvalue weighted by Gasteiger charge is -2.06. The van der Waals surface area contributed by atoms with E-state index in [1.165, 1.54) is 12.4 Å². The van der Waals surface area contributed by atoms with Crippen molar-refractivity contribution in [2.24, 2.45) is 0 Å². The lowest BCUT2D eigenvalue weighted by molar-refractivity contribution is -0.884. The van der Waals surface area contributed by atoms with E-state index in [0.717, 1.165) is 20.2 Å². The van der Waals surface area contributed by atoms with Crippen molar-refractivity contribution < 1.29 is 37.4 Å². The number of hydrogen-bond acceptors (Lipinski definition) is 6. The first kappa shape index (κ1) is 22.6. The Hall–Kier alpha value is -2.69. The summed E-state index contributed by atoms with van der Waals surface area (Å²) >= 11 is 11.8. The molecule has 8 nitrogen and oxygen atoms in total. The minimum absolute atomic E-state index is 0.649. The standard InChI is InChI=1S/2C9H7ClNO.H2O4S/c2*10-8-5-6-11(12)9-4-2-1-3-7(8)9;1-5(2,3)4/h2*1-6,12H;(H2,1,2,3,4)/q2*+1;/p-2. The highest BCUT2D eigenvalue weighted by atomic mass is 35.5. The topological polar surface area (TPSA) is 128 Å². The van der Waals surface area contributed by atoms with Gasteiger partial charge in [0.1, 0.15) is 0 Å². The highest BCUT2D eigenvalue weighted by molar-refractivity contribution is 7.79. The van der Waals surface area contributed by atoms with Crippen molar-refractivity contribution in [1.29, 1.82) is 0 Å². The van der Waals surface area contributed by atoms with Gasteiger partial charge in [0.15, 0.2) is 0 Å². The average molecular weight is 457 g/mol. The van der Waals surface area contributed by atoms with Crippen LogP contribution in [-0.2, 0) is 10.4 Å². The van der Waals surface area contributed by atoms with Crippen LogP contribution in [0.25, 0.3) is 21.8 Å². The highest BCUT2D eigenvalue weighted by Crippen LogP contribution is 2.19. The smallest absolute Gasteiger partial charge is 0.265 e. The van der Waals surface area contributed by atoms with Crippen LogP contribution in [0.2, 0.25) is 10.0 Å². The van der Waals surface area contributed by atoms with Gasteiger partial charge in [0.2, 0.25) is 12.4 Å². The molecular formula is C18H14Cl2N2O6S. The number of nitrogens with zero attached hydrogens (tertiary/aromatic N) is 2. The normalized spacial score (nSPS) is 10.6. The van der Waals surface area contributed by atoms with Gasteiger partial charge in [0, 0.05) is 44.1 Å². The molecule has 0 spiro atoms. The van der Waals surface area contributed by atoms with Gasteiger partial charge in [-0.15, -0.1) is 0 Å². The maximum atomic E-state index is 9.35. The van der Waals surface area contributed by atoms with Gasteiger partial charge in [-0.2, -0.15) is 0 Å². The van der Waals surface area contributed by atoms with E-state index in [4.69, 9.17) is 40.7 Å². The van der Waals surface area contributed by atoms with Gasteiger partial charge < -0.3 is 9.11 Å². The van der Waals surface area contributed by atoms with Crippen LogP contribution < -0.4 is 9.46 Å². The van der Waals surface area contributed by atoms with E-state index >= 15 is 0 Å². The Bertz CT molecular complexity index is 1080. The zero-order valence-electron chi connectivity index (χ0n) is 14.5. The van der Waals surface area contributed by atoms with Crippen LogP contribution in [0.3, 0.4) is 0 Å². The molecule has 2 heterocycles. The third-order valence-electron chi connectivity index (χ3n) is 3.54. The largest absolute Gasteiger partial charge is 0.759 e. The van der Waals surface area contributed by atoms with E-state index in [1.54, 1.807) is 24.3 Å². The van der Waals surface area contributed by atoms with Crippen molar-refractivity contribution in [3.63, 3.8) is 0 Å². The molecule has 0 unspecified atom stereocenters. The van der Waals surface area contributed by atoms with Crippen LogP contribution >= 0.6 is 23.2 Å². The fraction of sp³-hybridized carbons (Fsp3) is 0. The molecule has 2 aromatic heterocycles. The number of benzene rings is 2. The highest BCUT2D eigenvalue weighted by Gasteiger charge is 2.09. The van der Waals surface area contributed by atoms with Crippen LogP contribution in [-0.4, -0.2) is 27.9 Å². The van der Waals surface area contributed by atoms with Gasteiger partial charge in [-0.1, -0.05) is 47.5 Å². The van der Waals surface area contributed by atoms with Crippen molar-refractivity contribution in [3.8, 4) is 0 Å². The molecule has 0 bridgehead atoms. The molecule has 152 valence electrons. The Morgan fingerprint density at radius 2 is 1.00 bits per heavy atom. The number of para-hydroxylation sites is 2. The second kappa shape index (κ2) is 9.68. The second-order valence-corrected chi connectivity index (χ2v) is 7.09. The van der Waals surface area contributed by atoms with Gasteiger partial charge in [-0.25, -0.2) is 0 Å². The predicted octanol–water partition coefficient (Wildman–Crippen LogP) is 2.70. The molecule has 0 aliphatic heterocycles. The molecule has 4 rings (SSSR count). The molecule has 0 fully saturated rings. The van der Waals surface area contributed by atoms with Gasteiger partial charge in [0.05, 0.1) is 20.8 Å². The van der Waals surface area contributed by atoms with Crippen LogP contribution in [0, 0.1) is 0 Å². The molecule has 11 heteroatoms. The Labute approximate surface area is 175 Å². The molecule has 0 saturated carbocycles. The Kier molecular flexibility index (Phi) is 7.54.